The summed E-state index contributed by atoms with van der Waals surface area (Å²) in [4.78, 5) is 30.0. The molecule has 2 aromatic heterocycles. The number of aromatic nitrogens is 2. The normalized spacial score (nSPS) is 12.3. The summed E-state index contributed by atoms with van der Waals surface area (Å²) in [6.07, 6.45) is 1.87. The van der Waals surface area contributed by atoms with Crippen molar-refractivity contribution >= 4 is 22.2 Å². The van der Waals surface area contributed by atoms with Gasteiger partial charge in [-0.15, -0.1) is 11.3 Å². The molecule has 1 aromatic carbocycles. The number of carbonyl (C=O) groups excluding carboxylic acids is 1. The van der Waals surface area contributed by atoms with E-state index in [2.05, 4.69) is 10.3 Å². The van der Waals surface area contributed by atoms with Gasteiger partial charge in [-0.1, -0.05) is 36.8 Å². The maximum absolute atomic E-state index is 12.9. The number of benzene rings is 1. The van der Waals surface area contributed by atoms with Crippen LogP contribution in [0.5, 0.6) is 0 Å². The Kier molecular flexibility index (Phi) is 4.96. The van der Waals surface area contributed by atoms with Crippen LogP contribution >= 0.6 is 11.3 Å². The molecule has 0 aliphatic heterocycles. The Morgan fingerprint density at radius 1 is 1.36 bits per heavy atom. The number of aryl methyl sites for hydroxylation is 1. The van der Waals surface area contributed by atoms with Crippen LogP contribution in [0.15, 0.2) is 40.6 Å². The van der Waals surface area contributed by atoms with Crippen LogP contribution in [-0.4, -0.2) is 33.0 Å². The molecule has 3 aromatic rings. The van der Waals surface area contributed by atoms with E-state index in [0.717, 1.165) is 11.1 Å². The molecule has 0 aliphatic rings. The molecule has 2 N–H and O–H groups in total. The largest absolute Gasteiger partial charge is 0.394 e. The second-order valence-corrected chi connectivity index (χ2v) is 6.68. The van der Waals surface area contributed by atoms with Crippen molar-refractivity contribution in [3.8, 4) is 11.3 Å². The van der Waals surface area contributed by atoms with E-state index in [4.69, 9.17) is 0 Å². The van der Waals surface area contributed by atoms with Crippen molar-refractivity contribution in [1.82, 2.24) is 14.7 Å². The van der Waals surface area contributed by atoms with Crippen molar-refractivity contribution in [2.45, 2.75) is 26.3 Å². The van der Waals surface area contributed by atoms with Crippen LogP contribution in [-0.2, 0) is 0 Å². The zero-order chi connectivity index (χ0) is 18.0. The molecule has 130 valence electrons. The smallest absolute Gasteiger partial charge is 0.271 e. The number of nitrogens with one attached hydrogen (secondary N) is 1. The summed E-state index contributed by atoms with van der Waals surface area (Å²) in [7, 11) is 0. The van der Waals surface area contributed by atoms with Crippen LogP contribution in [0.3, 0.4) is 0 Å². The van der Waals surface area contributed by atoms with Gasteiger partial charge in [0, 0.05) is 11.6 Å². The van der Waals surface area contributed by atoms with Gasteiger partial charge in [-0.3, -0.25) is 14.0 Å². The summed E-state index contributed by atoms with van der Waals surface area (Å²) >= 11 is 1.35. The lowest BCUT2D eigenvalue weighted by molar-refractivity contribution is 0.0913. The Labute approximate surface area is 148 Å². The molecule has 0 spiro atoms. The van der Waals surface area contributed by atoms with Gasteiger partial charge in [0.15, 0.2) is 4.96 Å². The van der Waals surface area contributed by atoms with Crippen LogP contribution in [0.1, 0.15) is 29.3 Å². The minimum Gasteiger partial charge on any atom is -0.394 e. The monoisotopic (exact) mass is 357 g/mol. The lowest BCUT2D eigenvalue weighted by atomic mass is 10.1. The second kappa shape index (κ2) is 7.16. The highest BCUT2D eigenvalue weighted by Crippen LogP contribution is 2.24. The standard InChI is InChI=1S/C18H19N3O3S/c1-3-13(9-22)20-16(23)14-8-19-18-21(17(14)24)15(10-25-18)12-6-4-11(2)5-7-12/h4-8,10,13,22H,3,9H2,1-2H3,(H,20,23). The molecular weight excluding hydrogens is 338 g/mol. The van der Waals surface area contributed by atoms with Gasteiger partial charge < -0.3 is 10.4 Å². The van der Waals surface area contributed by atoms with Crippen LogP contribution in [0.25, 0.3) is 16.2 Å². The third kappa shape index (κ3) is 3.33. The lowest BCUT2D eigenvalue weighted by Crippen LogP contribution is -2.40. The predicted octanol–water partition coefficient (Wildman–Crippen LogP) is 2.23. The summed E-state index contributed by atoms with van der Waals surface area (Å²) in [6.45, 7) is 3.67. The van der Waals surface area contributed by atoms with Gasteiger partial charge >= 0.3 is 0 Å². The van der Waals surface area contributed by atoms with Gasteiger partial charge in [-0.05, 0) is 18.9 Å². The number of amides is 1. The van der Waals surface area contributed by atoms with Crippen LogP contribution in [0.2, 0.25) is 0 Å². The molecule has 0 saturated carbocycles. The number of aliphatic hydroxyl groups excluding tert-OH is 1. The van der Waals surface area contributed by atoms with Crippen molar-refractivity contribution < 1.29 is 9.90 Å². The van der Waals surface area contributed by atoms with Gasteiger partial charge in [-0.2, -0.15) is 0 Å². The zero-order valence-electron chi connectivity index (χ0n) is 14.0. The molecule has 1 unspecified atom stereocenters. The maximum atomic E-state index is 12.9. The Balaban J connectivity index is 2.07. The highest BCUT2D eigenvalue weighted by molar-refractivity contribution is 7.15. The molecule has 0 saturated heterocycles. The van der Waals surface area contributed by atoms with E-state index in [1.165, 1.54) is 21.9 Å². The molecule has 6 nitrogen and oxygen atoms in total. The highest BCUT2D eigenvalue weighted by Gasteiger charge is 2.19. The van der Waals surface area contributed by atoms with Gasteiger partial charge in [0.05, 0.1) is 18.3 Å². The Morgan fingerprint density at radius 2 is 2.08 bits per heavy atom. The summed E-state index contributed by atoms with van der Waals surface area (Å²) in [6, 6.07) is 7.44. The molecule has 25 heavy (non-hydrogen) atoms. The van der Waals surface area contributed by atoms with Crippen LogP contribution in [0, 0.1) is 6.92 Å². The Hall–Kier alpha value is -2.51. The number of nitrogens with zero attached hydrogens (tertiary/aromatic N) is 2. The summed E-state index contributed by atoms with van der Waals surface area (Å²) in [5, 5.41) is 13.8. The Bertz CT molecular complexity index is 956. The van der Waals surface area contributed by atoms with Gasteiger partial charge in [0.2, 0.25) is 0 Å². The van der Waals surface area contributed by atoms with Crippen molar-refractivity contribution in [2.24, 2.45) is 0 Å². The molecule has 3 rings (SSSR count). The van der Waals surface area contributed by atoms with Gasteiger partial charge in [0.1, 0.15) is 5.56 Å². The molecule has 0 bridgehead atoms. The zero-order valence-corrected chi connectivity index (χ0v) is 14.8. The van der Waals surface area contributed by atoms with E-state index in [0.29, 0.717) is 17.1 Å². The van der Waals surface area contributed by atoms with E-state index in [1.807, 2.05) is 43.5 Å². The molecule has 1 atom stereocenters. The quantitative estimate of drug-likeness (QED) is 0.733. The van der Waals surface area contributed by atoms with Gasteiger partial charge in [0.25, 0.3) is 11.5 Å². The SMILES string of the molecule is CCC(CO)NC(=O)c1cnc2scc(-c3ccc(C)cc3)n2c1=O. The first-order chi connectivity index (χ1) is 12.0. The molecule has 0 fully saturated rings. The fourth-order valence-electron chi connectivity index (χ4n) is 2.51. The number of carbonyl (C=O) groups is 1. The number of fused-ring (bicyclic) bond motifs is 1. The average Bonchev–Trinajstić information content (AvgIpc) is 3.05. The van der Waals surface area contributed by atoms with E-state index in [1.54, 1.807) is 0 Å². The average molecular weight is 357 g/mol. The first-order valence-electron chi connectivity index (χ1n) is 8.03. The topological polar surface area (TPSA) is 83.7 Å². The molecular formula is C18H19N3O3S. The fourth-order valence-corrected chi connectivity index (χ4v) is 3.37. The Morgan fingerprint density at radius 3 is 2.72 bits per heavy atom. The summed E-state index contributed by atoms with van der Waals surface area (Å²) in [5.41, 5.74) is 2.29. The minimum absolute atomic E-state index is 0.0313. The van der Waals surface area contributed by atoms with E-state index < -0.39 is 11.5 Å². The van der Waals surface area contributed by atoms with Crippen molar-refractivity contribution in [3.05, 3.63) is 57.3 Å². The van der Waals surface area contributed by atoms with Crippen molar-refractivity contribution in [3.63, 3.8) is 0 Å². The molecule has 1 amide bonds. The number of aliphatic hydroxyl groups is 1. The highest BCUT2D eigenvalue weighted by atomic mass is 32.1. The van der Waals surface area contributed by atoms with Crippen LogP contribution in [0.4, 0.5) is 0 Å². The van der Waals surface area contributed by atoms with Crippen molar-refractivity contribution in [2.75, 3.05) is 6.61 Å². The number of hydrogen-bond acceptors (Lipinski definition) is 5. The second-order valence-electron chi connectivity index (χ2n) is 5.84. The first kappa shape index (κ1) is 17.3. The number of hydrogen-bond donors (Lipinski definition) is 2. The van der Waals surface area contributed by atoms with E-state index in [-0.39, 0.29) is 18.2 Å². The van der Waals surface area contributed by atoms with E-state index in [9.17, 15) is 14.7 Å². The first-order valence-corrected chi connectivity index (χ1v) is 8.91. The van der Waals surface area contributed by atoms with E-state index >= 15 is 0 Å². The van der Waals surface area contributed by atoms with Crippen LogP contribution < -0.4 is 10.9 Å². The fraction of sp³-hybridized carbons (Fsp3) is 0.278. The van der Waals surface area contributed by atoms with Crippen molar-refractivity contribution in [1.29, 1.82) is 0 Å². The third-order valence-electron chi connectivity index (χ3n) is 4.09. The molecule has 7 heteroatoms. The minimum atomic E-state index is -0.520. The number of rotatable bonds is 5. The number of thiazole rings is 1. The lowest BCUT2D eigenvalue weighted by Gasteiger charge is -2.13. The molecule has 0 aliphatic carbocycles. The summed E-state index contributed by atoms with van der Waals surface area (Å²) < 4.78 is 1.46. The summed E-state index contributed by atoms with van der Waals surface area (Å²) in [5.74, 6) is -0.520. The predicted molar refractivity (Wildman–Crippen MR) is 98.1 cm³/mol. The maximum Gasteiger partial charge on any atom is 0.271 e. The third-order valence-corrected chi connectivity index (χ3v) is 4.93. The molecule has 2 heterocycles. The van der Waals surface area contributed by atoms with Gasteiger partial charge in [-0.25, -0.2) is 4.98 Å². The molecule has 0 radical (unpaired) electrons.